The van der Waals surface area contributed by atoms with Gasteiger partial charge >= 0.3 is 0 Å². The number of amidine groups is 1. The topological polar surface area (TPSA) is 24.4 Å². The van der Waals surface area contributed by atoms with Crippen molar-refractivity contribution in [3.8, 4) is 0 Å². The predicted octanol–water partition coefficient (Wildman–Crippen LogP) is -0.405. The van der Waals surface area contributed by atoms with Crippen LogP contribution in [0.25, 0.3) is 0 Å². The van der Waals surface area contributed by atoms with Gasteiger partial charge in [0.25, 0.3) is 0 Å². The van der Waals surface area contributed by atoms with E-state index in [0.717, 1.165) is 17.4 Å². The van der Waals surface area contributed by atoms with Crippen LogP contribution in [0.1, 0.15) is 6.42 Å². The third-order valence-electron chi connectivity index (χ3n) is 1.82. The van der Waals surface area contributed by atoms with Crippen LogP contribution in [0.5, 0.6) is 0 Å². The highest BCUT2D eigenvalue weighted by molar-refractivity contribution is 8.14. The Morgan fingerprint density at radius 2 is 2.00 bits per heavy atom. The molecule has 14 heavy (non-hydrogen) atoms. The summed E-state index contributed by atoms with van der Waals surface area (Å²) in [4.78, 5) is 4.39. The van der Waals surface area contributed by atoms with Crippen molar-refractivity contribution >= 4 is 22.6 Å². The van der Waals surface area contributed by atoms with Crippen LogP contribution in [0.3, 0.4) is 0 Å². The van der Waals surface area contributed by atoms with Gasteiger partial charge in [0.15, 0.2) is 5.17 Å². The Balaban J connectivity index is 0.000000980. The van der Waals surface area contributed by atoms with Gasteiger partial charge < -0.3 is 22.3 Å². The molecule has 1 aromatic carbocycles. The second-order valence-corrected chi connectivity index (χ2v) is 3.96. The minimum Gasteiger partial charge on any atom is -1.00 e. The molecular weight excluding hydrogens is 260 g/mol. The van der Waals surface area contributed by atoms with Gasteiger partial charge in [0.1, 0.15) is 0 Å². The first-order chi connectivity index (χ1) is 6.45. The summed E-state index contributed by atoms with van der Waals surface area (Å²) in [5, 5.41) is 4.35. The molecule has 76 valence electrons. The SMILES string of the molecule is [Br-].c1ccc(NC2=NCCCS2)cc1. The van der Waals surface area contributed by atoms with Crippen LogP contribution in [-0.4, -0.2) is 17.5 Å². The zero-order chi connectivity index (χ0) is 8.93. The van der Waals surface area contributed by atoms with Crippen molar-refractivity contribution in [1.29, 1.82) is 0 Å². The summed E-state index contributed by atoms with van der Waals surface area (Å²) < 4.78 is 0. The Labute approximate surface area is 99.0 Å². The molecule has 1 aliphatic heterocycles. The Kier molecular flexibility index (Phi) is 5.04. The van der Waals surface area contributed by atoms with Crippen molar-refractivity contribution in [2.24, 2.45) is 4.99 Å². The molecule has 2 nitrogen and oxygen atoms in total. The van der Waals surface area contributed by atoms with Gasteiger partial charge in [-0.1, -0.05) is 30.0 Å². The summed E-state index contributed by atoms with van der Waals surface area (Å²) in [6.45, 7) is 0.960. The van der Waals surface area contributed by atoms with Gasteiger partial charge in [-0.25, -0.2) is 0 Å². The van der Waals surface area contributed by atoms with Crippen molar-refractivity contribution in [3.05, 3.63) is 30.3 Å². The van der Waals surface area contributed by atoms with Crippen LogP contribution >= 0.6 is 11.8 Å². The van der Waals surface area contributed by atoms with Gasteiger partial charge in [0, 0.05) is 18.0 Å². The number of hydrogen-bond donors (Lipinski definition) is 1. The molecule has 0 radical (unpaired) electrons. The van der Waals surface area contributed by atoms with Crippen LogP contribution in [0.15, 0.2) is 35.3 Å². The first kappa shape index (κ1) is 11.6. The van der Waals surface area contributed by atoms with Crippen molar-refractivity contribution < 1.29 is 17.0 Å². The normalized spacial score (nSPS) is 15.3. The minimum atomic E-state index is 0. The first-order valence-corrected chi connectivity index (χ1v) is 5.43. The fourth-order valence-corrected chi connectivity index (χ4v) is 2.02. The third-order valence-corrected chi connectivity index (χ3v) is 2.82. The molecule has 0 saturated heterocycles. The number of thioether (sulfide) groups is 1. The van der Waals surface area contributed by atoms with Crippen molar-refractivity contribution in [2.45, 2.75) is 6.42 Å². The number of rotatable bonds is 1. The quantitative estimate of drug-likeness (QED) is 0.752. The number of halogens is 1. The molecule has 0 unspecified atom stereocenters. The van der Waals surface area contributed by atoms with E-state index >= 15 is 0 Å². The highest BCUT2D eigenvalue weighted by Gasteiger charge is 2.04. The third kappa shape index (κ3) is 3.35. The summed E-state index contributed by atoms with van der Waals surface area (Å²) in [5.41, 5.74) is 1.12. The van der Waals surface area contributed by atoms with Crippen molar-refractivity contribution in [2.75, 3.05) is 17.6 Å². The highest BCUT2D eigenvalue weighted by atomic mass is 79.9. The zero-order valence-electron chi connectivity index (χ0n) is 7.74. The Bertz CT molecular complexity index is 300. The van der Waals surface area contributed by atoms with E-state index in [2.05, 4.69) is 22.4 Å². The molecule has 1 aliphatic rings. The van der Waals surface area contributed by atoms with Gasteiger partial charge in [0.05, 0.1) is 0 Å². The van der Waals surface area contributed by atoms with E-state index in [9.17, 15) is 0 Å². The number of nitrogens with zero attached hydrogens (tertiary/aromatic N) is 1. The van der Waals surface area contributed by atoms with Crippen LogP contribution in [0, 0.1) is 0 Å². The molecule has 0 aromatic heterocycles. The monoisotopic (exact) mass is 271 g/mol. The van der Waals surface area contributed by atoms with Crippen LogP contribution in [0.2, 0.25) is 0 Å². The molecule has 0 bridgehead atoms. The molecule has 0 fully saturated rings. The maximum Gasteiger partial charge on any atom is 0.161 e. The summed E-state index contributed by atoms with van der Waals surface area (Å²) in [6.07, 6.45) is 1.20. The molecular formula is C10H12BrN2S-. The zero-order valence-corrected chi connectivity index (χ0v) is 10.1. The molecule has 0 aliphatic carbocycles. The van der Waals surface area contributed by atoms with E-state index < -0.39 is 0 Å². The van der Waals surface area contributed by atoms with Gasteiger partial charge in [-0.15, -0.1) is 0 Å². The van der Waals surface area contributed by atoms with E-state index in [1.807, 2.05) is 18.2 Å². The summed E-state index contributed by atoms with van der Waals surface area (Å²) >= 11 is 1.80. The lowest BCUT2D eigenvalue weighted by atomic mass is 10.3. The van der Waals surface area contributed by atoms with Crippen LogP contribution < -0.4 is 22.3 Å². The summed E-state index contributed by atoms with van der Waals surface area (Å²) in [5.74, 6) is 1.18. The Hall–Kier alpha value is -0.480. The lowest BCUT2D eigenvalue weighted by Crippen LogP contribution is -3.00. The fourth-order valence-electron chi connectivity index (χ4n) is 1.18. The number of hydrogen-bond acceptors (Lipinski definition) is 3. The maximum atomic E-state index is 4.39. The Morgan fingerprint density at radius 1 is 1.21 bits per heavy atom. The van der Waals surface area contributed by atoms with E-state index in [4.69, 9.17) is 0 Å². The standard InChI is InChI=1S/C10H12N2S.BrH/c1-2-5-9(6-3-1)12-10-11-7-4-8-13-10;/h1-3,5-6H,4,7-8H2,(H,11,12);1H/p-1. The number of benzene rings is 1. The molecule has 1 heterocycles. The lowest BCUT2D eigenvalue weighted by Gasteiger charge is -2.12. The Morgan fingerprint density at radius 3 is 2.64 bits per heavy atom. The van der Waals surface area contributed by atoms with Crippen molar-refractivity contribution in [3.63, 3.8) is 0 Å². The highest BCUT2D eigenvalue weighted by Crippen LogP contribution is 2.15. The average molecular weight is 272 g/mol. The van der Waals surface area contributed by atoms with Crippen LogP contribution in [0.4, 0.5) is 5.69 Å². The van der Waals surface area contributed by atoms with E-state index in [1.165, 1.54) is 12.2 Å². The lowest BCUT2D eigenvalue weighted by molar-refractivity contribution is -0.00000254. The molecule has 0 saturated carbocycles. The molecule has 2 rings (SSSR count). The van der Waals surface area contributed by atoms with Crippen LogP contribution in [-0.2, 0) is 0 Å². The average Bonchev–Trinajstić information content (AvgIpc) is 2.21. The predicted molar refractivity (Wildman–Crippen MR) is 59.4 cm³/mol. The second kappa shape index (κ2) is 6.09. The van der Waals surface area contributed by atoms with E-state index in [-0.39, 0.29) is 17.0 Å². The molecule has 1 N–H and O–H groups in total. The molecule has 0 amide bonds. The van der Waals surface area contributed by atoms with E-state index in [0.29, 0.717) is 0 Å². The van der Waals surface area contributed by atoms with E-state index in [1.54, 1.807) is 11.8 Å². The summed E-state index contributed by atoms with van der Waals surface area (Å²) in [6, 6.07) is 10.2. The molecule has 1 aromatic rings. The number of anilines is 1. The van der Waals surface area contributed by atoms with Crippen molar-refractivity contribution in [1.82, 2.24) is 0 Å². The number of nitrogens with one attached hydrogen (secondary N) is 1. The van der Waals surface area contributed by atoms with Gasteiger partial charge in [0.2, 0.25) is 0 Å². The minimum absolute atomic E-state index is 0. The molecule has 0 atom stereocenters. The second-order valence-electron chi connectivity index (χ2n) is 2.88. The molecule has 4 heteroatoms. The van der Waals surface area contributed by atoms with Gasteiger partial charge in [-0.05, 0) is 18.6 Å². The fraction of sp³-hybridized carbons (Fsp3) is 0.300. The summed E-state index contributed by atoms with van der Waals surface area (Å²) in [7, 11) is 0. The largest absolute Gasteiger partial charge is 1.00 e. The van der Waals surface area contributed by atoms with Gasteiger partial charge in [-0.2, -0.15) is 0 Å². The molecule has 0 spiro atoms. The number of para-hydroxylation sites is 1. The maximum absolute atomic E-state index is 4.39. The number of aliphatic imine (C=N–C) groups is 1. The first-order valence-electron chi connectivity index (χ1n) is 4.44. The van der Waals surface area contributed by atoms with Gasteiger partial charge in [-0.3, -0.25) is 4.99 Å². The smallest absolute Gasteiger partial charge is 0.161 e.